The van der Waals surface area contributed by atoms with Crippen molar-refractivity contribution in [3.05, 3.63) is 266 Å². The SMILES string of the molecule is C.CC1(C)OB(B2OC(C)(C)C(C)(C)O2)OC1(C)C.CCCO.O=Cc1cc(O)ccc1Br.[2HH].[2H][2H].[2H][2H].[2H][2H].[2H][2H].[2H][2H].[2H][2H].[2H][2H].[2H][2H].[2H][2H].[2H][2H].[2H][2H].[2H][2H].[2H][2H].[2H][2H].[2H][2H].[2H][2H].[2H][2H].[2H][2H].[2H][2H].[2H][2H].[2H][2H].[2H][2H].[2H][2H].[2H][2H].[2H][2H].[2H][2H].[2H][2H].[2H][2H].[2H][2H].[2H][2H].[2H][2H].[2H][2H].[2H][2H].[2H][2H].[2H][2H].[2H][2H].[2H][2H].[2H][2H].[2H][2H].[2H][2H].[2H][2H].[2H][2H].[2H][2H].[2H][2H].[2H][2H].[2H][2H].[2H][2H].[2H][2H].[2H][2H].[C-]#[N+]c1ccc(Cl)nc1Cl.[C-]#[N+]c1ccc(Cl)nc1OCCC.[C-]#[N+]c1ccc(OCCOC2CCCCO2)nc1Cl.[C-]#[N+]c1ccc(Oc2ccc(B3OC(C)(C)C(C)(C)O3)c(C=O)c2)nc1OCCC.[C-]#[N+]c1ccc(Oc2ccc(Br)c(C=O)c2)nc1OCCC.[C-]#[N+]c1ccc(Oc2ccc3c(c2)COB3O)nc1OCCO. The smallest absolute Gasteiger partial charge is 0.495 e. The number of benzene rings is 4. The third-order valence-corrected chi connectivity index (χ3v) is 24.8. The minimum atomic E-state index is -0.895. The second kappa shape index (κ2) is 62.0. The Balaban J connectivity index is -0.0000000416. The lowest BCUT2D eigenvalue weighted by atomic mass is 9.49. The topological polar surface area (TPSA) is 393 Å². The van der Waals surface area contributed by atoms with E-state index in [0.29, 0.717) is 157 Å². The van der Waals surface area contributed by atoms with Crippen molar-refractivity contribution in [2.75, 3.05) is 59.5 Å². The number of halogens is 6. The lowest BCUT2D eigenvalue weighted by Crippen LogP contribution is -2.41. The van der Waals surface area contributed by atoms with E-state index in [0.717, 1.165) is 75.2 Å². The molecule has 36 nitrogen and oxygen atoms in total. The summed E-state index contributed by atoms with van der Waals surface area (Å²) in [6.45, 7) is 77.2. The number of phenols is 1. The molecular weight excluding hydrogens is 2150 g/mol. The molecule has 4 aromatic carbocycles. The number of pyridine rings is 6. The summed E-state index contributed by atoms with van der Waals surface area (Å²) >= 11 is 28.9. The highest BCUT2D eigenvalue weighted by atomic mass is 79.9. The Morgan fingerprint density at radius 3 is 1.21 bits per heavy atom. The van der Waals surface area contributed by atoms with Crippen molar-refractivity contribution >= 4 is 170 Å². The number of fused-ring (bicyclic) bond motifs is 1. The van der Waals surface area contributed by atoms with Crippen molar-refractivity contribution in [1.29, 1.82) is 0 Å². The van der Waals surface area contributed by atoms with Gasteiger partial charge in [-0.3, -0.25) is 14.4 Å². The maximum absolute atomic E-state index is 11.7. The van der Waals surface area contributed by atoms with Gasteiger partial charge in [-0.05, 0) is 272 Å². The highest BCUT2D eigenvalue weighted by Crippen LogP contribution is 2.45. The number of aliphatic hydroxyl groups excluding tert-OH is 2. The first-order valence-electron chi connectivity index (χ1n) is 95.8. The fourth-order valence-corrected chi connectivity index (χ4v) is 13.8. The van der Waals surface area contributed by atoms with Crippen LogP contribution < -0.4 is 48.8 Å². The number of hydrogen-bond donors (Lipinski definition) is 4. The van der Waals surface area contributed by atoms with Gasteiger partial charge >= 0.3 is 28.3 Å². The fourth-order valence-electron chi connectivity index (χ4n) is 12.4. The first kappa shape index (κ1) is 70.1. The van der Waals surface area contributed by atoms with Gasteiger partial charge in [0.1, 0.15) is 63.1 Å². The molecule has 4 fully saturated rings. The molecule has 0 saturated carbocycles. The number of rotatable bonds is 29. The minimum absolute atomic E-state index is 0. The highest BCUT2D eigenvalue weighted by molar-refractivity contribution is 9.10. The van der Waals surface area contributed by atoms with Gasteiger partial charge in [0.15, 0.2) is 18.9 Å². The molecule has 0 spiro atoms. The van der Waals surface area contributed by atoms with Gasteiger partial charge in [-0.25, -0.2) is 44.0 Å². The number of hydrogen-bond acceptors (Lipinski definition) is 30. The van der Waals surface area contributed by atoms with Crippen LogP contribution in [0.5, 0.6) is 70.0 Å². The summed E-state index contributed by atoms with van der Waals surface area (Å²) in [5, 5.41) is 36.1. The van der Waals surface area contributed by atoms with Crippen molar-refractivity contribution in [3.63, 3.8) is 0 Å². The predicted molar refractivity (Wildman–Crippen MR) is 687 cm³/mol. The number of aliphatic hydroxyl groups is 2. The quantitative estimate of drug-likeness (QED) is 0.0111. The number of ether oxygens (including phenoxy) is 10. The van der Waals surface area contributed by atoms with Gasteiger partial charge in [-0.1, -0.05) is 132 Å². The molecule has 15 rings (SSSR count). The van der Waals surface area contributed by atoms with Crippen molar-refractivity contribution in [2.45, 2.75) is 210 Å². The van der Waals surface area contributed by atoms with Crippen molar-refractivity contribution < 1.29 is 262 Å². The number of nitrogens with zero attached hydrogens (tertiary/aromatic N) is 12. The molecule has 150 heavy (non-hydrogen) atoms. The molecule has 1 unspecified atom stereocenters. The molecule has 11 heterocycles. The van der Waals surface area contributed by atoms with E-state index < -0.39 is 39.5 Å². The molecule has 6 aromatic heterocycles. The van der Waals surface area contributed by atoms with Crippen molar-refractivity contribution in [1.82, 2.24) is 29.9 Å². The van der Waals surface area contributed by atoms with E-state index in [-0.39, 0.29) is 102 Å². The van der Waals surface area contributed by atoms with Crippen LogP contribution in [0, 0.1) is 39.4 Å². The van der Waals surface area contributed by atoms with Crippen molar-refractivity contribution in [2.24, 2.45) is 0 Å². The summed E-state index contributed by atoms with van der Waals surface area (Å²) in [4.78, 5) is 76.7. The van der Waals surface area contributed by atoms with Gasteiger partial charge in [0.05, 0.1) is 113 Å². The Hall–Kier alpha value is -12.2. The molecule has 892 valence electrons. The number of carbonyl (C=O) groups excluding carboxylic acids is 3. The molecule has 5 aliphatic rings. The number of aromatic hydroxyl groups is 1. The van der Waals surface area contributed by atoms with E-state index in [9.17, 15) is 19.4 Å². The molecule has 0 amide bonds. The van der Waals surface area contributed by atoms with E-state index in [2.05, 4.69) is 90.8 Å². The summed E-state index contributed by atoms with van der Waals surface area (Å²) < 4.78 is 587. The van der Waals surface area contributed by atoms with Gasteiger partial charge in [0.25, 0.3) is 0 Å². The summed E-state index contributed by atoms with van der Waals surface area (Å²) in [6.07, 6.45) is 8.61. The molecule has 4 saturated heterocycles. The summed E-state index contributed by atoms with van der Waals surface area (Å²) in [5.41, 5.74) is 3.07. The van der Waals surface area contributed by atoms with Gasteiger partial charge < -0.3 is 100 Å². The van der Waals surface area contributed by atoms with E-state index >= 15 is 0 Å². The molecule has 0 bridgehead atoms. The van der Waals surface area contributed by atoms with E-state index in [1.165, 1.54) is 24.3 Å². The van der Waals surface area contributed by atoms with Crippen LogP contribution in [0.2, 0.25) is 20.6 Å². The summed E-state index contributed by atoms with van der Waals surface area (Å²) in [6, 6.07) is 38.8. The van der Waals surface area contributed by atoms with Gasteiger partial charge in [-0.15, -0.1) is 0 Å². The monoisotopic (exact) mass is 2460 g/mol. The normalized spacial score (nSPS) is 17.8. The zero-order valence-corrected chi connectivity index (χ0v) is 91.3. The maximum atomic E-state index is 11.7. The Morgan fingerprint density at radius 2 is 0.800 bits per heavy atom. The zero-order valence-electron chi connectivity index (χ0n) is 183. The number of aromatic nitrogens is 6. The fraction of sp³-hybridized carbons (Fsp3) is 0.394. The molecule has 0 radical (unpaired) electrons. The van der Waals surface area contributed by atoms with Gasteiger partial charge in [0.2, 0.25) is 81.2 Å². The predicted octanol–water partition coefficient (Wildman–Crippen LogP) is 36.9. The Morgan fingerprint density at radius 1 is 0.427 bits per heavy atom. The standard InChI is InChI=1S/C22H25BN2O5.C16H13BrN2O3.C15H13BN2O5.C13H15ClN2O3.C12H24B2O4.C9H9ClN2O.C7H5BrO2.C6H2Cl2N2.C3H8O.CH4.50H2/c1-7-12-27-20-18(24-6)10-11-19(25-20)28-16-8-9-17(15(13-16)14-26)23-29-21(2,3)22(4,5)30-23;1-3-8-21-16-14(18-2)6-7-15(19-16)22-12-4-5-13(17)11(9-12)10-20;1-17-13-4-5-14(18-15(13)21-7-6-19)23-11-2-3-12-10(8-11)9-22-16(12)20;1-15-10-5-6-11(16-13(10)14)17-8-9-19-12-4-2-3-7-18-12;1-9(2)10(3,4)16-13(15-9)14-17-11(5,6)12(7,8)18-14;1-3-6-13-9-7(11-2)4-5-8(10)12-9;8-7-2-1-6(10)3-5(7)4-9;1-9-4-2-3-5(7)10-6(4)8;1-2-3-4;;;;;;;;;;;;;;;;;;;;;;;;;;;;;;;;;;;;;;;;;;;;;;;;;;;/h8-11,13-14H,7,12H2,1-5H3;4-7,9-10H,3,8H2,1H3;2-5,8,19-20H,6-7,9H2;5-6,12H,2-4,7-9H2;1-8H3;4-5H,3,6H2,1H3;1-4,10H;2-3H;4H,2-3H2,1H3;1H4;50*1H/i;;;;;;;;;;49*1+1D;1+1. The maximum Gasteiger partial charge on any atom is 0.495 e. The van der Waals surface area contributed by atoms with Gasteiger partial charge in [-0.2, -0.15) is 15.0 Å². The van der Waals surface area contributed by atoms with Crippen LogP contribution in [0.4, 0.5) is 34.1 Å². The Bertz CT molecular complexity index is 6570. The van der Waals surface area contributed by atoms with Crippen LogP contribution >= 0.6 is 78.3 Å². The third kappa shape index (κ3) is 38.3. The highest BCUT2D eigenvalue weighted by Gasteiger charge is 2.64. The first-order valence-corrected chi connectivity index (χ1v) is 49.9. The first-order chi connectivity index (χ1) is 120. The Kier molecular flexibility index (Phi) is 29.0. The zero-order chi connectivity index (χ0) is 208. The second-order valence-electron chi connectivity index (χ2n) is 35.0. The van der Waals surface area contributed by atoms with Crippen LogP contribution in [-0.4, -0.2) is 197 Å². The largest absolute Gasteiger partial charge is 0.508 e. The third-order valence-electron chi connectivity index (χ3n) is 22.3. The molecule has 46 heteroatoms. The molecule has 5 aliphatic heterocycles. The number of phenolic OH excluding ortho intramolecular Hbond substituents is 1. The number of aldehydes is 3. The molecular formula is C104H218B4Br2Cl4N12O24. The second-order valence-corrected chi connectivity index (χ2v) is 38.2. The summed E-state index contributed by atoms with van der Waals surface area (Å²) in [5.74, 6) is 3.72. The van der Waals surface area contributed by atoms with Crippen molar-refractivity contribution in [3.8, 4) is 70.0 Å². The van der Waals surface area contributed by atoms with Crippen LogP contribution in [0.15, 0.2) is 155 Å². The molecule has 4 N–H and O–H groups in total. The van der Waals surface area contributed by atoms with Crippen LogP contribution in [-0.2, 0) is 48.7 Å². The lowest BCUT2D eigenvalue weighted by Gasteiger charge is -2.32. The average molecular weight is 2470 g/mol. The lowest BCUT2D eigenvalue weighted by molar-refractivity contribution is -0.165. The van der Waals surface area contributed by atoms with E-state index in [4.69, 9.17) is 327 Å². The average Bonchev–Trinajstić information content (AvgIpc) is 1.59. The van der Waals surface area contributed by atoms with Crippen LogP contribution in [0.3, 0.4) is 0 Å². The van der Waals surface area contributed by atoms with Gasteiger partial charge in [0, 0.05) is 186 Å². The number of carbonyl (C=O) groups is 3. The molecule has 10 aromatic rings. The van der Waals surface area contributed by atoms with E-state index in [1.807, 2.05) is 111 Å². The van der Waals surface area contributed by atoms with Crippen LogP contribution in [0.25, 0.3) is 29.1 Å². The summed E-state index contributed by atoms with van der Waals surface area (Å²) in [7, 11) is -2.49. The van der Waals surface area contributed by atoms with E-state index in [1.54, 1.807) is 121 Å². The Labute approximate surface area is 1070 Å². The van der Waals surface area contributed by atoms with Crippen LogP contribution in [0.1, 0.15) is 347 Å². The minimum Gasteiger partial charge on any atom is -0.508 e. The molecule has 0 aliphatic carbocycles. The molecule has 1 atom stereocenters.